The highest BCUT2D eigenvalue weighted by Crippen LogP contribution is 2.41. The quantitative estimate of drug-likeness (QED) is 0.201. The van der Waals surface area contributed by atoms with Gasteiger partial charge in [0.2, 0.25) is 5.91 Å². The van der Waals surface area contributed by atoms with Crippen LogP contribution in [-0.4, -0.2) is 37.1 Å². The smallest absolute Gasteiger partial charge is 0.226 e. The molecule has 6 rings (SSSR count). The summed E-state index contributed by atoms with van der Waals surface area (Å²) in [5.74, 6) is 0.156. The van der Waals surface area contributed by atoms with Crippen molar-refractivity contribution in [1.29, 1.82) is 0 Å². The van der Waals surface area contributed by atoms with Gasteiger partial charge in [0.05, 0.1) is 17.8 Å². The SMILES string of the molecule is Cc1cc([C@@H]2[C@@H](c3ccccn3)NC(=S)N2CCC(=O)Nc2cccc3ccccc23)c(C)n1-c1ccc(O)cc1. The molecule has 7 nitrogen and oxygen atoms in total. The van der Waals surface area contributed by atoms with E-state index in [-0.39, 0.29) is 30.2 Å². The number of phenolic OH excluding ortho intramolecular Hbond substituents is 1. The Morgan fingerprint density at radius 2 is 1.76 bits per heavy atom. The molecule has 1 fully saturated rings. The van der Waals surface area contributed by atoms with Crippen molar-refractivity contribution in [3.05, 3.63) is 120 Å². The molecule has 1 aliphatic heterocycles. The van der Waals surface area contributed by atoms with Crippen LogP contribution in [0.15, 0.2) is 97.2 Å². The molecule has 3 heterocycles. The van der Waals surface area contributed by atoms with Gasteiger partial charge >= 0.3 is 0 Å². The lowest BCUT2D eigenvalue weighted by atomic mass is 9.96. The first-order valence-corrected chi connectivity index (χ1v) is 14.1. The van der Waals surface area contributed by atoms with Gasteiger partial charge in [0.1, 0.15) is 5.75 Å². The number of anilines is 1. The van der Waals surface area contributed by atoms with Gasteiger partial charge < -0.3 is 25.2 Å². The van der Waals surface area contributed by atoms with Gasteiger partial charge in [-0.25, -0.2) is 0 Å². The zero-order valence-corrected chi connectivity index (χ0v) is 23.7. The number of hydrogen-bond donors (Lipinski definition) is 3. The van der Waals surface area contributed by atoms with Crippen LogP contribution in [0.1, 0.15) is 41.1 Å². The number of nitrogens with zero attached hydrogens (tertiary/aromatic N) is 3. The molecule has 1 aliphatic rings. The number of aromatic hydroxyl groups is 1. The van der Waals surface area contributed by atoms with Gasteiger partial charge in [-0.3, -0.25) is 9.78 Å². The number of hydrogen-bond acceptors (Lipinski definition) is 4. The minimum atomic E-state index is -0.182. The maximum Gasteiger partial charge on any atom is 0.226 e. The van der Waals surface area contributed by atoms with Crippen LogP contribution in [0.4, 0.5) is 5.69 Å². The first-order valence-electron chi connectivity index (χ1n) is 13.6. The number of aryl methyl sites for hydroxylation is 1. The van der Waals surface area contributed by atoms with Gasteiger partial charge in [-0.1, -0.05) is 42.5 Å². The predicted molar refractivity (Wildman–Crippen MR) is 166 cm³/mol. The summed E-state index contributed by atoms with van der Waals surface area (Å²) < 4.78 is 2.18. The number of carbonyl (C=O) groups excluding carboxylic acids is 1. The zero-order valence-electron chi connectivity index (χ0n) is 22.9. The third-order valence-electron chi connectivity index (χ3n) is 7.74. The summed E-state index contributed by atoms with van der Waals surface area (Å²) in [5.41, 5.74) is 5.89. The Kier molecular flexibility index (Phi) is 7.15. The molecule has 0 spiro atoms. The van der Waals surface area contributed by atoms with Crippen molar-refractivity contribution in [2.24, 2.45) is 0 Å². The molecule has 41 heavy (non-hydrogen) atoms. The molecule has 0 unspecified atom stereocenters. The van der Waals surface area contributed by atoms with Crippen molar-refractivity contribution < 1.29 is 9.90 Å². The van der Waals surface area contributed by atoms with E-state index in [2.05, 4.69) is 45.0 Å². The minimum absolute atomic E-state index is 0.0706. The van der Waals surface area contributed by atoms with Crippen molar-refractivity contribution in [2.75, 3.05) is 11.9 Å². The lowest BCUT2D eigenvalue weighted by Crippen LogP contribution is -2.33. The Morgan fingerprint density at radius 3 is 2.54 bits per heavy atom. The Hall–Kier alpha value is -4.69. The number of aromatic nitrogens is 2. The summed E-state index contributed by atoms with van der Waals surface area (Å²) in [6.07, 6.45) is 2.06. The predicted octanol–water partition coefficient (Wildman–Crippen LogP) is 6.35. The van der Waals surface area contributed by atoms with Crippen LogP contribution in [0.25, 0.3) is 16.5 Å². The lowest BCUT2D eigenvalue weighted by molar-refractivity contribution is -0.116. The van der Waals surface area contributed by atoms with E-state index in [9.17, 15) is 9.90 Å². The molecule has 1 saturated heterocycles. The van der Waals surface area contributed by atoms with E-state index in [1.165, 1.54) is 0 Å². The summed E-state index contributed by atoms with van der Waals surface area (Å²) in [5, 5.41) is 19.1. The molecule has 8 heteroatoms. The second-order valence-corrected chi connectivity index (χ2v) is 10.7. The van der Waals surface area contributed by atoms with E-state index in [0.29, 0.717) is 11.7 Å². The van der Waals surface area contributed by atoms with E-state index in [1.54, 1.807) is 18.3 Å². The van der Waals surface area contributed by atoms with Crippen molar-refractivity contribution in [3.8, 4) is 11.4 Å². The average molecular weight is 562 g/mol. The molecule has 5 aromatic rings. The van der Waals surface area contributed by atoms with E-state index in [4.69, 9.17) is 12.2 Å². The number of rotatable bonds is 7. The van der Waals surface area contributed by atoms with Crippen molar-refractivity contribution in [2.45, 2.75) is 32.4 Å². The molecule has 2 atom stereocenters. The van der Waals surface area contributed by atoms with Crippen molar-refractivity contribution in [1.82, 2.24) is 19.8 Å². The second kappa shape index (κ2) is 11.1. The number of fused-ring (bicyclic) bond motifs is 1. The van der Waals surface area contributed by atoms with Gasteiger partial charge in [-0.2, -0.15) is 0 Å². The fourth-order valence-corrected chi connectivity index (χ4v) is 6.17. The highest BCUT2D eigenvalue weighted by Gasteiger charge is 2.41. The van der Waals surface area contributed by atoms with Crippen LogP contribution >= 0.6 is 12.2 Å². The number of benzene rings is 3. The molecule has 3 N–H and O–H groups in total. The molecule has 0 aliphatic carbocycles. The van der Waals surface area contributed by atoms with Gasteiger partial charge in [0.25, 0.3) is 0 Å². The monoisotopic (exact) mass is 561 g/mol. The molecular formula is C33H31N5O2S. The molecule has 206 valence electrons. The van der Waals surface area contributed by atoms with E-state index >= 15 is 0 Å². The molecule has 0 radical (unpaired) electrons. The Morgan fingerprint density at radius 1 is 1.00 bits per heavy atom. The first-order chi connectivity index (χ1) is 19.9. The van der Waals surface area contributed by atoms with Crippen molar-refractivity contribution >= 4 is 39.7 Å². The number of thiocarbonyl (C=S) groups is 1. The van der Waals surface area contributed by atoms with Crippen LogP contribution in [0.2, 0.25) is 0 Å². The third-order valence-corrected chi connectivity index (χ3v) is 8.09. The molecule has 1 amide bonds. The topological polar surface area (TPSA) is 82.4 Å². The summed E-state index contributed by atoms with van der Waals surface area (Å²) >= 11 is 5.85. The van der Waals surface area contributed by atoms with E-state index in [0.717, 1.165) is 44.8 Å². The van der Waals surface area contributed by atoms with Gasteiger partial charge in [-0.15, -0.1) is 0 Å². The number of phenols is 1. The number of amides is 1. The zero-order chi connectivity index (χ0) is 28.5. The Balaban J connectivity index is 1.31. The first kappa shape index (κ1) is 26.5. The highest BCUT2D eigenvalue weighted by atomic mass is 32.1. The van der Waals surface area contributed by atoms with Gasteiger partial charge in [-0.05, 0) is 85.5 Å². The van der Waals surface area contributed by atoms with Gasteiger partial charge in [0, 0.05) is 47.3 Å². The van der Waals surface area contributed by atoms with Crippen LogP contribution in [-0.2, 0) is 4.79 Å². The van der Waals surface area contributed by atoms with Crippen LogP contribution < -0.4 is 10.6 Å². The van der Waals surface area contributed by atoms with Crippen LogP contribution in [0, 0.1) is 13.8 Å². The minimum Gasteiger partial charge on any atom is -0.508 e. The van der Waals surface area contributed by atoms with E-state index in [1.807, 2.05) is 72.8 Å². The fourth-order valence-electron chi connectivity index (χ4n) is 5.84. The lowest BCUT2D eigenvalue weighted by Gasteiger charge is -2.28. The maximum absolute atomic E-state index is 13.2. The molecule has 0 saturated carbocycles. The average Bonchev–Trinajstić information content (AvgIpc) is 3.47. The van der Waals surface area contributed by atoms with Crippen molar-refractivity contribution in [3.63, 3.8) is 0 Å². The summed E-state index contributed by atoms with van der Waals surface area (Å²) in [6, 6.07) is 28.9. The molecular weight excluding hydrogens is 530 g/mol. The number of carbonyl (C=O) groups is 1. The number of pyridine rings is 1. The summed E-state index contributed by atoms with van der Waals surface area (Å²) in [7, 11) is 0. The normalized spacial score (nSPS) is 16.6. The number of nitrogens with one attached hydrogen (secondary N) is 2. The molecule has 2 aromatic heterocycles. The third kappa shape index (κ3) is 5.14. The van der Waals surface area contributed by atoms with Crippen LogP contribution in [0.3, 0.4) is 0 Å². The second-order valence-electron chi connectivity index (χ2n) is 10.3. The summed E-state index contributed by atoms with van der Waals surface area (Å²) in [4.78, 5) is 20.0. The van der Waals surface area contributed by atoms with Crippen LogP contribution in [0.5, 0.6) is 5.75 Å². The molecule has 0 bridgehead atoms. The Labute approximate surface area is 244 Å². The van der Waals surface area contributed by atoms with E-state index < -0.39 is 0 Å². The molecule has 3 aromatic carbocycles. The largest absolute Gasteiger partial charge is 0.508 e. The fraction of sp³-hybridized carbons (Fsp3) is 0.182. The maximum atomic E-state index is 13.2. The van der Waals surface area contributed by atoms with Gasteiger partial charge in [0.15, 0.2) is 5.11 Å². The summed E-state index contributed by atoms with van der Waals surface area (Å²) in [6.45, 7) is 4.61. The Bertz CT molecular complexity index is 1730. The standard InChI is InChI=1S/C33H31N5O2S/c1-21-20-27(22(2)38(21)24-13-15-25(39)16-14-24)32-31(29-11-5-6-18-34-29)36-33(41)37(32)19-17-30(40)35-28-12-7-9-23-8-3-4-10-26(23)28/h3-16,18,20,31-32,39H,17,19H2,1-2H3,(H,35,40)(H,36,41)/t31-,32-/m1/s1. The highest BCUT2D eigenvalue weighted by molar-refractivity contribution is 7.80.